The third kappa shape index (κ3) is 3.40. The summed E-state index contributed by atoms with van der Waals surface area (Å²) in [6, 6.07) is 7.04. The van der Waals surface area contributed by atoms with Gasteiger partial charge in [0, 0.05) is 43.7 Å². The fourth-order valence-corrected chi connectivity index (χ4v) is 1.60. The van der Waals surface area contributed by atoms with Crippen molar-refractivity contribution in [1.29, 1.82) is 0 Å². The van der Waals surface area contributed by atoms with E-state index in [0.717, 1.165) is 5.69 Å². The molecule has 0 aliphatic heterocycles. The van der Waals surface area contributed by atoms with E-state index in [2.05, 4.69) is 0 Å². The Morgan fingerprint density at radius 3 is 2.23 bits per heavy atom. The molecule has 1 rings (SSSR count). The van der Waals surface area contributed by atoms with Crippen molar-refractivity contribution >= 4 is 46.3 Å². The number of hydrogen-bond acceptors (Lipinski definition) is 2. The number of nitrogens with zero attached hydrogens (tertiary/aromatic N) is 1. The first-order valence-electron chi connectivity index (χ1n) is 3.50. The molecule has 0 spiro atoms. The Labute approximate surface area is 103 Å². The molecule has 0 aromatic heterocycles. The van der Waals surface area contributed by atoms with E-state index in [1.54, 1.807) is 12.1 Å². The monoisotopic (exact) mass is 208 g/mol. The zero-order valence-electron chi connectivity index (χ0n) is 8.02. The van der Waals surface area contributed by atoms with Crippen LogP contribution in [0.4, 0.5) is 5.69 Å². The van der Waals surface area contributed by atoms with Crippen LogP contribution in [0.15, 0.2) is 29.2 Å². The Morgan fingerprint density at radius 2 is 1.85 bits per heavy atom. The molecular formula is C8H11NNaO2S. The molecule has 0 fully saturated rings. The first-order valence-corrected chi connectivity index (χ1v) is 4.61. The number of rotatable bonds is 2. The van der Waals surface area contributed by atoms with Gasteiger partial charge in [0.2, 0.25) is 0 Å². The van der Waals surface area contributed by atoms with Gasteiger partial charge in [-0.25, -0.2) is 4.21 Å². The molecule has 0 bridgehead atoms. The zero-order chi connectivity index (χ0) is 9.14. The summed E-state index contributed by atoms with van der Waals surface area (Å²) < 4.78 is 19.7. The molecule has 1 radical (unpaired) electrons. The van der Waals surface area contributed by atoms with Crippen molar-refractivity contribution < 1.29 is 8.76 Å². The van der Waals surface area contributed by atoms with Crippen molar-refractivity contribution in [1.82, 2.24) is 0 Å². The third-order valence-corrected chi connectivity index (χ3v) is 2.26. The van der Waals surface area contributed by atoms with Gasteiger partial charge in [0.15, 0.2) is 11.1 Å². The summed E-state index contributed by atoms with van der Waals surface area (Å²) in [7, 11) is 3.68. The second-order valence-corrected chi connectivity index (χ2v) is 3.55. The van der Waals surface area contributed by atoms with Crippen LogP contribution in [0.5, 0.6) is 0 Å². The Kier molecular flexibility index (Phi) is 5.83. The molecule has 1 unspecified atom stereocenters. The fraction of sp³-hybridized carbons (Fsp3) is 0.250. The van der Waals surface area contributed by atoms with Crippen LogP contribution in [0.25, 0.3) is 0 Å². The number of hydrogen-bond donors (Lipinski definition) is 1. The van der Waals surface area contributed by atoms with Crippen LogP contribution in [0.3, 0.4) is 0 Å². The summed E-state index contributed by atoms with van der Waals surface area (Å²) in [5.74, 6) is 0. The Morgan fingerprint density at radius 1 is 1.31 bits per heavy atom. The van der Waals surface area contributed by atoms with E-state index in [-0.39, 0.29) is 29.6 Å². The predicted octanol–water partition coefficient (Wildman–Crippen LogP) is 0.952. The maximum atomic E-state index is 10.8. The Balaban J connectivity index is 0.00000144. The maximum absolute atomic E-state index is 10.8. The van der Waals surface area contributed by atoms with Crippen LogP contribution >= 0.6 is 0 Å². The van der Waals surface area contributed by atoms with Crippen LogP contribution in [0.1, 0.15) is 0 Å². The average Bonchev–Trinajstić information content (AvgIpc) is 2.04. The summed E-state index contributed by atoms with van der Waals surface area (Å²) in [4.78, 5) is 2.26. The maximum Gasteiger partial charge on any atom is 0.188 e. The number of para-hydroxylation sites is 1. The van der Waals surface area contributed by atoms with Gasteiger partial charge in [-0.3, -0.25) is 0 Å². The van der Waals surface area contributed by atoms with Gasteiger partial charge in [0.25, 0.3) is 0 Å². The van der Waals surface area contributed by atoms with Crippen LogP contribution < -0.4 is 4.90 Å². The molecule has 67 valence electrons. The minimum atomic E-state index is -1.90. The van der Waals surface area contributed by atoms with Gasteiger partial charge in [-0.2, -0.15) is 0 Å². The first-order chi connectivity index (χ1) is 5.63. The second-order valence-electron chi connectivity index (χ2n) is 2.61. The van der Waals surface area contributed by atoms with Crippen molar-refractivity contribution in [2.24, 2.45) is 0 Å². The summed E-state index contributed by atoms with van der Waals surface area (Å²) in [5, 5.41) is 0. The van der Waals surface area contributed by atoms with E-state index < -0.39 is 11.1 Å². The molecule has 1 N–H and O–H groups in total. The second kappa shape index (κ2) is 5.78. The molecule has 1 aromatic carbocycles. The van der Waals surface area contributed by atoms with Crippen molar-refractivity contribution in [3.8, 4) is 0 Å². The van der Waals surface area contributed by atoms with Crippen molar-refractivity contribution in [3.05, 3.63) is 24.3 Å². The van der Waals surface area contributed by atoms with Crippen LogP contribution in [0, 0.1) is 0 Å². The zero-order valence-corrected chi connectivity index (χ0v) is 10.8. The predicted molar refractivity (Wildman–Crippen MR) is 55.6 cm³/mol. The fourth-order valence-electron chi connectivity index (χ4n) is 0.974. The van der Waals surface area contributed by atoms with Crippen LogP contribution in [-0.4, -0.2) is 52.4 Å². The standard InChI is InChI=1S/C8H11NO2S.Na/c1-9(2)7-5-3-4-6-8(7)12(10)11;/h3-6H,1-2H3,(H,10,11);. The van der Waals surface area contributed by atoms with E-state index in [4.69, 9.17) is 4.55 Å². The Hall–Kier alpha value is 0.130. The van der Waals surface area contributed by atoms with Crippen molar-refractivity contribution in [3.63, 3.8) is 0 Å². The van der Waals surface area contributed by atoms with E-state index in [9.17, 15) is 4.21 Å². The molecule has 13 heavy (non-hydrogen) atoms. The Bertz CT molecular complexity index is 304. The minimum absolute atomic E-state index is 0. The van der Waals surface area contributed by atoms with Gasteiger partial charge >= 0.3 is 0 Å². The third-order valence-electron chi connectivity index (χ3n) is 1.54. The molecule has 0 saturated heterocycles. The van der Waals surface area contributed by atoms with E-state index in [1.165, 1.54) is 0 Å². The molecule has 1 aromatic rings. The summed E-state index contributed by atoms with van der Waals surface area (Å²) >= 11 is -1.90. The quantitative estimate of drug-likeness (QED) is 0.581. The van der Waals surface area contributed by atoms with Crippen LogP contribution in [0.2, 0.25) is 0 Å². The van der Waals surface area contributed by atoms with Gasteiger partial charge in [0.05, 0.1) is 10.6 Å². The summed E-state index contributed by atoms with van der Waals surface area (Å²) in [5.41, 5.74) is 0.776. The van der Waals surface area contributed by atoms with Gasteiger partial charge in [-0.05, 0) is 12.1 Å². The molecule has 0 heterocycles. The molecule has 1 atom stereocenters. The molecule has 0 saturated carbocycles. The smallest absolute Gasteiger partial charge is 0.188 e. The molecule has 0 aliphatic carbocycles. The largest absolute Gasteiger partial charge is 0.377 e. The van der Waals surface area contributed by atoms with Crippen LogP contribution in [-0.2, 0) is 11.1 Å². The van der Waals surface area contributed by atoms with Gasteiger partial charge in [0.1, 0.15) is 0 Å². The van der Waals surface area contributed by atoms with Gasteiger partial charge < -0.3 is 9.45 Å². The SMILES string of the molecule is CN(C)c1ccccc1S(=O)O.[Na]. The molecule has 0 amide bonds. The van der Waals surface area contributed by atoms with Gasteiger partial charge in [-0.15, -0.1) is 0 Å². The summed E-state index contributed by atoms with van der Waals surface area (Å²) in [6.45, 7) is 0. The molecule has 3 nitrogen and oxygen atoms in total. The average molecular weight is 208 g/mol. The number of benzene rings is 1. The summed E-state index contributed by atoms with van der Waals surface area (Å²) in [6.07, 6.45) is 0. The number of anilines is 1. The minimum Gasteiger partial charge on any atom is -0.377 e. The van der Waals surface area contributed by atoms with Crippen molar-refractivity contribution in [2.45, 2.75) is 4.90 Å². The van der Waals surface area contributed by atoms with Gasteiger partial charge in [-0.1, -0.05) is 12.1 Å². The normalized spacial score (nSPS) is 11.6. The van der Waals surface area contributed by atoms with E-state index in [1.807, 2.05) is 31.1 Å². The molecule has 5 heteroatoms. The molecule has 0 aliphatic rings. The molecular weight excluding hydrogens is 197 g/mol. The van der Waals surface area contributed by atoms with E-state index >= 15 is 0 Å². The topological polar surface area (TPSA) is 40.5 Å². The van der Waals surface area contributed by atoms with E-state index in [0.29, 0.717) is 4.90 Å². The van der Waals surface area contributed by atoms with Crippen molar-refractivity contribution in [2.75, 3.05) is 19.0 Å². The first kappa shape index (κ1) is 13.1.